The summed E-state index contributed by atoms with van der Waals surface area (Å²) in [6.07, 6.45) is 5.56. The molecule has 2 aromatic rings. The lowest BCUT2D eigenvalue weighted by Gasteiger charge is -2.10. The number of carboxylic acid groups (broad SMARTS) is 1. The predicted octanol–water partition coefficient (Wildman–Crippen LogP) is 5.01. The third-order valence-electron chi connectivity index (χ3n) is 5.01. The Hall–Kier alpha value is -2.71. The highest BCUT2D eigenvalue weighted by molar-refractivity contribution is 7.89. The van der Waals surface area contributed by atoms with E-state index in [4.69, 9.17) is 5.11 Å². The molecule has 0 spiro atoms. The standard InChI is InChI=1S/C17H19NO4S.C7H15NO.C2H6/c1-18-23(21,22)16-11-9-15(10-12-16)14-7-5-13(6-8-14)3-2-4-17(19)20;1-3-5-7(4-2)8-6-9;1-2/h5-12,18H,2-4H2,1H3,(H,19,20);6-7H,3-5H2,1-2H3,(H,8,9);1-2H3. The van der Waals surface area contributed by atoms with Gasteiger partial charge in [-0.25, -0.2) is 13.1 Å². The molecule has 0 radical (unpaired) electrons. The van der Waals surface area contributed by atoms with Gasteiger partial charge in [-0.2, -0.15) is 0 Å². The molecule has 2 aromatic carbocycles. The Morgan fingerprint density at radius 2 is 1.53 bits per heavy atom. The third-order valence-corrected chi connectivity index (χ3v) is 6.44. The molecule has 34 heavy (non-hydrogen) atoms. The van der Waals surface area contributed by atoms with Gasteiger partial charge in [0, 0.05) is 12.5 Å². The van der Waals surface area contributed by atoms with E-state index in [0.717, 1.165) is 48.8 Å². The Labute approximate surface area is 205 Å². The molecule has 0 aliphatic carbocycles. The predicted molar refractivity (Wildman–Crippen MR) is 138 cm³/mol. The molecular formula is C26H40N2O5S. The molecule has 1 amide bonds. The smallest absolute Gasteiger partial charge is 0.303 e. The summed E-state index contributed by atoms with van der Waals surface area (Å²) in [7, 11) is -2.04. The zero-order chi connectivity index (χ0) is 26.0. The van der Waals surface area contributed by atoms with Crippen molar-refractivity contribution in [2.24, 2.45) is 0 Å². The number of benzene rings is 2. The van der Waals surface area contributed by atoms with Gasteiger partial charge in [0.25, 0.3) is 0 Å². The van der Waals surface area contributed by atoms with Crippen LogP contribution in [0.2, 0.25) is 0 Å². The highest BCUT2D eigenvalue weighted by atomic mass is 32.2. The van der Waals surface area contributed by atoms with Crippen molar-refractivity contribution in [1.29, 1.82) is 0 Å². The summed E-state index contributed by atoms with van der Waals surface area (Å²) in [6, 6.07) is 14.9. The van der Waals surface area contributed by atoms with Crippen LogP contribution in [0.15, 0.2) is 53.4 Å². The number of hydrogen-bond acceptors (Lipinski definition) is 4. The molecular weight excluding hydrogens is 452 g/mol. The van der Waals surface area contributed by atoms with Crippen molar-refractivity contribution < 1.29 is 23.1 Å². The number of aryl methyl sites for hydroxylation is 1. The number of carbonyl (C=O) groups is 2. The summed E-state index contributed by atoms with van der Waals surface area (Å²) in [5.41, 5.74) is 3.00. The van der Waals surface area contributed by atoms with E-state index in [1.807, 2.05) is 38.1 Å². The van der Waals surface area contributed by atoms with E-state index in [1.165, 1.54) is 7.05 Å². The van der Waals surface area contributed by atoms with Crippen LogP contribution in [0.3, 0.4) is 0 Å². The average molecular weight is 493 g/mol. The molecule has 0 aliphatic heterocycles. The summed E-state index contributed by atoms with van der Waals surface area (Å²) in [5, 5.41) is 11.4. The summed E-state index contributed by atoms with van der Waals surface area (Å²) in [4.78, 5) is 20.7. The molecule has 0 saturated carbocycles. The first-order chi connectivity index (χ1) is 16.3. The molecule has 0 aromatic heterocycles. The van der Waals surface area contributed by atoms with Gasteiger partial charge < -0.3 is 10.4 Å². The maximum atomic E-state index is 11.7. The highest BCUT2D eigenvalue weighted by Crippen LogP contribution is 2.22. The van der Waals surface area contributed by atoms with Gasteiger partial charge in [-0.05, 0) is 61.6 Å². The molecule has 0 fully saturated rings. The molecule has 8 heteroatoms. The lowest BCUT2D eigenvalue weighted by molar-refractivity contribution is -0.137. The zero-order valence-electron chi connectivity index (χ0n) is 21.0. The molecule has 1 unspecified atom stereocenters. The first-order valence-corrected chi connectivity index (χ1v) is 13.3. The molecule has 0 heterocycles. The van der Waals surface area contributed by atoms with Gasteiger partial charge in [0.2, 0.25) is 16.4 Å². The molecule has 1 atom stereocenters. The van der Waals surface area contributed by atoms with Gasteiger partial charge in [0.15, 0.2) is 0 Å². The van der Waals surface area contributed by atoms with Crippen molar-refractivity contribution in [1.82, 2.24) is 10.0 Å². The number of hydrogen-bond donors (Lipinski definition) is 3. The van der Waals surface area contributed by atoms with Crippen LogP contribution in [0.25, 0.3) is 11.1 Å². The van der Waals surface area contributed by atoms with E-state index in [9.17, 15) is 18.0 Å². The molecule has 0 aliphatic rings. The average Bonchev–Trinajstić information content (AvgIpc) is 2.86. The number of sulfonamides is 1. The third kappa shape index (κ3) is 12.0. The summed E-state index contributed by atoms with van der Waals surface area (Å²) in [6.45, 7) is 8.20. The Balaban J connectivity index is 0.000000836. The highest BCUT2D eigenvalue weighted by Gasteiger charge is 2.10. The van der Waals surface area contributed by atoms with Crippen molar-refractivity contribution in [2.45, 2.75) is 77.2 Å². The number of carbonyl (C=O) groups excluding carboxylic acids is 1. The first kappa shape index (κ1) is 31.3. The van der Waals surface area contributed by atoms with Crippen LogP contribution in [0, 0.1) is 0 Å². The topological polar surface area (TPSA) is 113 Å². The van der Waals surface area contributed by atoms with Crippen molar-refractivity contribution in [3.05, 3.63) is 54.1 Å². The van der Waals surface area contributed by atoms with Gasteiger partial charge in [0.05, 0.1) is 4.90 Å². The van der Waals surface area contributed by atoms with E-state index in [1.54, 1.807) is 24.3 Å². The Kier molecular flexibility index (Phi) is 16.3. The number of nitrogens with one attached hydrogen (secondary N) is 2. The fraction of sp³-hybridized carbons (Fsp3) is 0.462. The van der Waals surface area contributed by atoms with Crippen molar-refractivity contribution in [3.63, 3.8) is 0 Å². The number of rotatable bonds is 12. The minimum Gasteiger partial charge on any atom is -0.481 e. The molecule has 2 rings (SSSR count). The maximum Gasteiger partial charge on any atom is 0.303 e. The van der Waals surface area contributed by atoms with Gasteiger partial charge in [-0.3, -0.25) is 9.59 Å². The minimum atomic E-state index is -3.42. The Morgan fingerprint density at radius 1 is 1.00 bits per heavy atom. The van der Waals surface area contributed by atoms with E-state index in [0.29, 0.717) is 12.5 Å². The monoisotopic (exact) mass is 492 g/mol. The Bertz CT molecular complexity index is 927. The SMILES string of the molecule is CC.CCCC(CC)NC=O.CNS(=O)(=O)c1ccc(-c2ccc(CCCC(=O)O)cc2)cc1. The molecule has 0 bridgehead atoms. The van der Waals surface area contributed by atoms with Crippen LogP contribution in [0.1, 0.15) is 65.4 Å². The molecule has 0 saturated heterocycles. The van der Waals surface area contributed by atoms with Crippen LogP contribution in [0.4, 0.5) is 0 Å². The van der Waals surface area contributed by atoms with Crippen LogP contribution in [-0.4, -0.2) is 39.0 Å². The van der Waals surface area contributed by atoms with Gasteiger partial charge in [-0.15, -0.1) is 0 Å². The van der Waals surface area contributed by atoms with Crippen molar-refractivity contribution in [3.8, 4) is 11.1 Å². The fourth-order valence-corrected chi connectivity index (χ4v) is 3.83. The second kappa shape index (κ2) is 17.7. The fourth-order valence-electron chi connectivity index (χ4n) is 3.10. The Morgan fingerprint density at radius 3 is 1.94 bits per heavy atom. The van der Waals surface area contributed by atoms with Crippen molar-refractivity contribution in [2.75, 3.05) is 7.05 Å². The van der Waals surface area contributed by atoms with E-state index in [2.05, 4.69) is 23.9 Å². The number of amides is 1. The molecule has 7 nitrogen and oxygen atoms in total. The van der Waals surface area contributed by atoms with E-state index >= 15 is 0 Å². The van der Waals surface area contributed by atoms with Gasteiger partial charge >= 0.3 is 5.97 Å². The molecule has 190 valence electrons. The second-order valence-corrected chi connectivity index (χ2v) is 9.24. The van der Waals surface area contributed by atoms with Crippen molar-refractivity contribution >= 4 is 22.4 Å². The summed E-state index contributed by atoms with van der Waals surface area (Å²) >= 11 is 0. The van der Waals surface area contributed by atoms with Crippen LogP contribution in [-0.2, 0) is 26.0 Å². The van der Waals surface area contributed by atoms with Crippen LogP contribution in [0.5, 0.6) is 0 Å². The second-order valence-electron chi connectivity index (χ2n) is 7.35. The summed E-state index contributed by atoms with van der Waals surface area (Å²) < 4.78 is 25.7. The largest absolute Gasteiger partial charge is 0.481 e. The minimum absolute atomic E-state index is 0.170. The normalized spacial score (nSPS) is 11.2. The maximum absolute atomic E-state index is 11.7. The van der Waals surface area contributed by atoms with Crippen LogP contribution < -0.4 is 10.0 Å². The number of aliphatic carboxylic acids is 1. The van der Waals surface area contributed by atoms with E-state index in [-0.39, 0.29) is 11.3 Å². The van der Waals surface area contributed by atoms with Gasteiger partial charge in [0.1, 0.15) is 0 Å². The number of carboxylic acids is 1. The molecule has 3 N–H and O–H groups in total. The lowest BCUT2D eigenvalue weighted by Crippen LogP contribution is -2.26. The lowest BCUT2D eigenvalue weighted by atomic mass is 10.0. The summed E-state index contributed by atoms with van der Waals surface area (Å²) in [5.74, 6) is -0.779. The quantitative estimate of drug-likeness (QED) is 0.361. The zero-order valence-corrected chi connectivity index (χ0v) is 21.8. The first-order valence-electron chi connectivity index (χ1n) is 11.8. The van der Waals surface area contributed by atoms with Crippen LogP contribution >= 0.6 is 0 Å². The van der Waals surface area contributed by atoms with Gasteiger partial charge in [-0.1, -0.05) is 70.5 Å². The van der Waals surface area contributed by atoms with E-state index < -0.39 is 16.0 Å².